The Balaban J connectivity index is 2.01. The van der Waals surface area contributed by atoms with Crippen molar-refractivity contribution in [3.8, 4) is 0 Å². The third-order valence-corrected chi connectivity index (χ3v) is 3.12. The number of fused-ring (bicyclic) bond motifs is 4. The number of hydrogen-bond donors (Lipinski definition) is 1. The Bertz CT molecular complexity index is 216. The Morgan fingerprint density at radius 2 is 2.36 bits per heavy atom. The van der Waals surface area contributed by atoms with Crippen LogP contribution in [0.5, 0.6) is 0 Å². The van der Waals surface area contributed by atoms with Crippen LogP contribution in [0.3, 0.4) is 0 Å². The third-order valence-electron chi connectivity index (χ3n) is 3.12. The maximum absolute atomic E-state index is 11.6. The SMILES string of the molecule is CCOC(=O)N1CC2CCC1CCN2. The van der Waals surface area contributed by atoms with Crippen molar-refractivity contribution in [2.24, 2.45) is 0 Å². The molecule has 3 aliphatic rings. The first kappa shape index (κ1) is 9.77. The summed E-state index contributed by atoms with van der Waals surface area (Å²) in [7, 11) is 0. The second-order valence-electron chi connectivity index (χ2n) is 4.02. The fourth-order valence-corrected chi connectivity index (χ4v) is 2.38. The number of rotatable bonds is 1. The van der Waals surface area contributed by atoms with Crippen LogP contribution in [0.15, 0.2) is 0 Å². The number of carbonyl (C=O) groups is 1. The van der Waals surface area contributed by atoms with Crippen molar-refractivity contribution >= 4 is 6.09 Å². The largest absolute Gasteiger partial charge is 0.450 e. The van der Waals surface area contributed by atoms with Gasteiger partial charge in [0.15, 0.2) is 0 Å². The molecular weight excluding hydrogens is 180 g/mol. The normalized spacial score (nSPS) is 31.4. The van der Waals surface area contributed by atoms with Gasteiger partial charge >= 0.3 is 6.09 Å². The van der Waals surface area contributed by atoms with E-state index < -0.39 is 0 Å². The number of amides is 1. The molecule has 80 valence electrons. The molecular formula is C10H18N2O2. The summed E-state index contributed by atoms with van der Waals surface area (Å²) >= 11 is 0. The minimum atomic E-state index is -0.133. The van der Waals surface area contributed by atoms with Crippen LogP contribution in [0, 0.1) is 0 Å². The summed E-state index contributed by atoms with van der Waals surface area (Å²) in [6, 6.07) is 0.887. The highest BCUT2D eigenvalue weighted by molar-refractivity contribution is 5.68. The zero-order chi connectivity index (χ0) is 9.97. The van der Waals surface area contributed by atoms with Gasteiger partial charge in [-0.25, -0.2) is 4.79 Å². The Morgan fingerprint density at radius 3 is 3.14 bits per heavy atom. The van der Waals surface area contributed by atoms with E-state index in [-0.39, 0.29) is 6.09 Å². The van der Waals surface area contributed by atoms with E-state index in [4.69, 9.17) is 4.74 Å². The summed E-state index contributed by atoms with van der Waals surface area (Å²) < 4.78 is 5.05. The average Bonchev–Trinajstić information content (AvgIpc) is 2.52. The van der Waals surface area contributed by atoms with Gasteiger partial charge in [0.1, 0.15) is 0 Å². The molecule has 0 aromatic rings. The lowest BCUT2D eigenvalue weighted by Gasteiger charge is -2.35. The summed E-state index contributed by atoms with van der Waals surface area (Å²) in [6.07, 6.45) is 3.25. The molecule has 1 amide bonds. The zero-order valence-electron chi connectivity index (χ0n) is 8.66. The summed E-state index contributed by atoms with van der Waals surface area (Å²) in [5.74, 6) is 0. The molecule has 14 heavy (non-hydrogen) atoms. The number of nitrogens with zero attached hydrogens (tertiary/aromatic N) is 1. The first-order valence-electron chi connectivity index (χ1n) is 5.48. The summed E-state index contributed by atoms with van der Waals surface area (Å²) in [5, 5.41) is 3.45. The van der Waals surface area contributed by atoms with E-state index in [1.54, 1.807) is 0 Å². The van der Waals surface area contributed by atoms with E-state index in [1.165, 1.54) is 6.42 Å². The van der Waals surface area contributed by atoms with E-state index in [2.05, 4.69) is 5.32 Å². The molecule has 0 aliphatic carbocycles. The van der Waals surface area contributed by atoms with Crippen molar-refractivity contribution in [3.63, 3.8) is 0 Å². The minimum Gasteiger partial charge on any atom is -0.450 e. The molecule has 2 bridgehead atoms. The average molecular weight is 198 g/mol. The van der Waals surface area contributed by atoms with Crippen LogP contribution in [-0.4, -0.2) is 42.8 Å². The smallest absolute Gasteiger partial charge is 0.410 e. The Hall–Kier alpha value is -0.770. The van der Waals surface area contributed by atoms with Crippen LogP contribution in [0.4, 0.5) is 4.79 Å². The monoisotopic (exact) mass is 198 g/mol. The second kappa shape index (κ2) is 4.17. The molecule has 3 rings (SSSR count). The highest BCUT2D eigenvalue weighted by atomic mass is 16.6. The molecule has 3 aliphatic heterocycles. The third kappa shape index (κ3) is 1.85. The first-order chi connectivity index (χ1) is 6.81. The Morgan fingerprint density at radius 1 is 1.50 bits per heavy atom. The molecule has 0 saturated carbocycles. The Labute approximate surface area is 84.6 Å². The molecule has 3 fully saturated rings. The van der Waals surface area contributed by atoms with Crippen LogP contribution in [0.1, 0.15) is 26.2 Å². The molecule has 4 heteroatoms. The molecule has 3 heterocycles. The van der Waals surface area contributed by atoms with E-state index in [9.17, 15) is 4.79 Å². The van der Waals surface area contributed by atoms with Gasteiger partial charge in [0.25, 0.3) is 0 Å². The van der Waals surface area contributed by atoms with E-state index in [0.717, 1.165) is 25.9 Å². The van der Waals surface area contributed by atoms with E-state index >= 15 is 0 Å². The molecule has 0 aromatic carbocycles. The maximum Gasteiger partial charge on any atom is 0.410 e. The van der Waals surface area contributed by atoms with E-state index in [1.807, 2.05) is 11.8 Å². The molecule has 2 atom stereocenters. The van der Waals surface area contributed by atoms with Gasteiger partial charge in [0.05, 0.1) is 6.61 Å². The van der Waals surface area contributed by atoms with Gasteiger partial charge in [-0.1, -0.05) is 0 Å². The zero-order valence-corrected chi connectivity index (χ0v) is 8.66. The lowest BCUT2D eigenvalue weighted by atomic mass is 10.00. The summed E-state index contributed by atoms with van der Waals surface area (Å²) in [5.41, 5.74) is 0. The first-order valence-corrected chi connectivity index (χ1v) is 5.48. The fourth-order valence-electron chi connectivity index (χ4n) is 2.38. The van der Waals surface area contributed by atoms with Crippen molar-refractivity contribution in [1.82, 2.24) is 10.2 Å². The van der Waals surface area contributed by atoms with Crippen LogP contribution in [0.25, 0.3) is 0 Å². The molecule has 2 unspecified atom stereocenters. The number of hydrogen-bond acceptors (Lipinski definition) is 3. The number of ether oxygens (including phenoxy) is 1. The van der Waals surface area contributed by atoms with Crippen molar-refractivity contribution in [2.75, 3.05) is 19.7 Å². The molecule has 0 radical (unpaired) electrons. The molecule has 4 nitrogen and oxygen atoms in total. The van der Waals surface area contributed by atoms with Crippen LogP contribution >= 0.6 is 0 Å². The molecule has 1 N–H and O–H groups in total. The number of carbonyl (C=O) groups excluding carboxylic acids is 1. The van der Waals surface area contributed by atoms with Gasteiger partial charge in [-0.3, -0.25) is 0 Å². The van der Waals surface area contributed by atoms with Crippen LogP contribution < -0.4 is 5.32 Å². The maximum atomic E-state index is 11.6. The van der Waals surface area contributed by atoms with Gasteiger partial charge in [-0.2, -0.15) is 0 Å². The standard InChI is InChI=1S/C10H18N2O2/c1-2-14-10(13)12-7-8-3-4-9(12)5-6-11-8/h8-9,11H,2-7H2,1H3. The minimum absolute atomic E-state index is 0.133. The fraction of sp³-hybridized carbons (Fsp3) is 0.900. The number of piperidine rings is 1. The summed E-state index contributed by atoms with van der Waals surface area (Å²) in [4.78, 5) is 13.5. The number of nitrogens with one attached hydrogen (secondary N) is 1. The predicted octanol–water partition coefficient (Wildman–Crippen LogP) is 0.969. The molecule has 0 aromatic heterocycles. The lowest BCUT2D eigenvalue weighted by Crippen LogP contribution is -2.49. The highest BCUT2D eigenvalue weighted by Crippen LogP contribution is 2.23. The second-order valence-corrected chi connectivity index (χ2v) is 4.02. The predicted molar refractivity (Wildman–Crippen MR) is 53.2 cm³/mol. The van der Waals surface area contributed by atoms with Gasteiger partial charge in [0.2, 0.25) is 0 Å². The van der Waals surface area contributed by atoms with Crippen molar-refractivity contribution < 1.29 is 9.53 Å². The van der Waals surface area contributed by atoms with Gasteiger partial charge in [0, 0.05) is 18.6 Å². The van der Waals surface area contributed by atoms with Gasteiger partial charge < -0.3 is 15.0 Å². The lowest BCUT2D eigenvalue weighted by molar-refractivity contribution is 0.0756. The van der Waals surface area contributed by atoms with Gasteiger partial charge in [-0.05, 0) is 32.7 Å². The topological polar surface area (TPSA) is 41.6 Å². The van der Waals surface area contributed by atoms with Crippen molar-refractivity contribution in [3.05, 3.63) is 0 Å². The van der Waals surface area contributed by atoms with E-state index in [0.29, 0.717) is 18.7 Å². The van der Waals surface area contributed by atoms with Crippen LogP contribution in [0.2, 0.25) is 0 Å². The van der Waals surface area contributed by atoms with Crippen molar-refractivity contribution in [2.45, 2.75) is 38.3 Å². The summed E-state index contributed by atoms with van der Waals surface area (Å²) in [6.45, 7) is 4.18. The Kier molecular flexibility index (Phi) is 2.91. The van der Waals surface area contributed by atoms with Crippen LogP contribution in [-0.2, 0) is 4.74 Å². The highest BCUT2D eigenvalue weighted by Gasteiger charge is 2.34. The molecule has 0 spiro atoms. The van der Waals surface area contributed by atoms with Crippen molar-refractivity contribution in [1.29, 1.82) is 0 Å². The quantitative estimate of drug-likeness (QED) is 0.682. The van der Waals surface area contributed by atoms with Gasteiger partial charge in [-0.15, -0.1) is 0 Å². The molecule has 3 saturated heterocycles.